The normalized spacial score (nSPS) is 19.9. The molecular formula is C15H23N3O2. The van der Waals surface area contributed by atoms with Gasteiger partial charge in [-0.2, -0.15) is 0 Å². The summed E-state index contributed by atoms with van der Waals surface area (Å²) in [6, 6.07) is 7.62. The Morgan fingerprint density at radius 1 is 1.50 bits per heavy atom. The van der Waals surface area contributed by atoms with Gasteiger partial charge in [-0.1, -0.05) is 12.1 Å². The van der Waals surface area contributed by atoms with Crippen molar-refractivity contribution in [3.8, 4) is 0 Å². The Bertz CT molecular complexity index is 445. The standard InChI is InChI=1S/C15H23N3O2/c1-11(16)13-3-5-14(6-4-13)17-15(19)18-8-7-12(9-18)10-20-2/h3-6,11-12H,7-10,16H2,1-2H3,(H,17,19). The third-order valence-corrected chi connectivity index (χ3v) is 3.66. The van der Waals surface area contributed by atoms with E-state index in [0.29, 0.717) is 12.5 Å². The van der Waals surface area contributed by atoms with Crippen molar-refractivity contribution >= 4 is 11.7 Å². The second-order valence-corrected chi connectivity index (χ2v) is 5.40. The number of nitrogens with two attached hydrogens (primary N) is 1. The number of likely N-dealkylation sites (tertiary alicyclic amines) is 1. The van der Waals surface area contributed by atoms with E-state index in [0.717, 1.165) is 30.8 Å². The quantitative estimate of drug-likeness (QED) is 0.886. The van der Waals surface area contributed by atoms with Gasteiger partial charge in [-0.3, -0.25) is 0 Å². The van der Waals surface area contributed by atoms with Gasteiger partial charge in [-0.25, -0.2) is 4.79 Å². The molecule has 0 spiro atoms. The van der Waals surface area contributed by atoms with Crippen LogP contribution in [-0.4, -0.2) is 37.7 Å². The highest BCUT2D eigenvalue weighted by molar-refractivity contribution is 5.89. The van der Waals surface area contributed by atoms with Gasteiger partial charge in [0.2, 0.25) is 0 Å². The Morgan fingerprint density at radius 3 is 2.80 bits per heavy atom. The molecule has 2 amide bonds. The van der Waals surface area contributed by atoms with Gasteiger partial charge in [0.25, 0.3) is 0 Å². The Hall–Kier alpha value is -1.59. The molecule has 1 aromatic carbocycles. The molecular weight excluding hydrogens is 254 g/mol. The summed E-state index contributed by atoms with van der Waals surface area (Å²) in [5.41, 5.74) is 7.66. The molecule has 2 atom stereocenters. The average molecular weight is 277 g/mol. The number of carbonyl (C=O) groups is 1. The zero-order valence-corrected chi connectivity index (χ0v) is 12.1. The number of rotatable bonds is 4. The first-order valence-electron chi connectivity index (χ1n) is 7.00. The average Bonchev–Trinajstić information content (AvgIpc) is 2.88. The molecule has 2 unspecified atom stereocenters. The summed E-state index contributed by atoms with van der Waals surface area (Å²) in [4.78, 5) is 14.0. The summed E-state index contributed by atoms with van der Waals surface area (Å²) >= 11 is 0. The number of anilines is 1. The number of nitrogens with one attached hydrogen (secondary N) is 1. The van der Waals surface area contributed by atoms with Gasteiger partial charge in [0, 0.05) is 37.8 Å². The molecule has 0 radical (unpaired) electrons. The van der Waals surface area contributed by atoms with Crippen LogP contribution in [0.15, 0.2) is 24.3 Å². The lowest BCUT2D eigenvalue weighted by atomic mass is 10.1. The third kappa shape index (κ3) is 3.71. The summed E-state index contributed by atoms with van der Waals surface area (Å²) in [6.45, 7) is 4.20. The van der Waals surface area contributed by atoms with Crippen LogP contribution >= 0.6 is 0 Å². The van der Waals surface area contributed by atoms with Crippen molar-refractivity contribution in [2.75, 3.05) is 32.1 Å². The molecule has 0 aliphatic carbocycles. The van der Waals surface area contributed by atoms with Crippen LogP contribution in [-0.2, 0) is 4.74 Å². The fraction of sp³-hybridized carbons (Fsp3) is 0.533. The van der Waals surface area contributed by atoms with E-state index < -0.39 is 0 Å². The second kappa shape index (κ2) is 6.72. The predicted octanol–water partition coefficient (Wildman–Crippen LogP) is 2.21. The van der Waals surface area contributed by atoms with E-state index in [2.05, 4.69) is 5.32 Å². The first-order valence-corrected chi connectivity index (χ1v) is 7.00. The fourth-order valence-electron chi connectivity index (χ4n) is 2.46. The minimum Gasteiger partial charge on any atom is -0.384 e. The Labute approximate surface area is 120 Å². The van der Waals surface area contributed by atoms with E-state index >= 15 is 0 Å². The van der Waals surface area contributed by atoms with E-state index in [1.54, 1.807) is 7.11 Å². The highest BCUT2D eigenvalue weighted by Gasteiger charge is 2.26. The second-order valence-electron chi connectivity index (χ2n) is 5.40. The zero-order valence-electron chi connectivity index (χ0n) is 12.1. The molecule has 5 heteroatoms. The number of hydrogen-bond acceptors (Lipinski definition) is 3. The minimum absolute atomic E-state index is 0.00753. The van der Waals surface area contributed by atoms with Crippen molar-refractivity contribution in [1.82, 2.24) is 4.90 Å². The van der Waals surface area contributed by atoms with Crippen LogP contribution in [0, 0.1) is 5.92 Å². The van der Waals surface area contributed by atoms with Crippen LogP contribution in [0.5, 0.6) is 0 Å². The van der Waals surface area contributed by atoms with Crippen LogP contribution < -0.4 is 11.1 Å². The maximum Gasteiger partial charge on any atom is 0.321 e. The number of ether oxygens (including phenoxy) is 1. The van der Waals surface area contributed by atoms with Crippen molar-refractivity contribution in [2.24, 2.45) is 11.7 Å². The molecule has 3 N–H and O–H groups in total. The first-order chi connectivity index (χ1) is 9.60. The number of methoxy groups -OCH3 is 1. The largest absolute Gasteiger partial charge is 0.384 e. The molecule has 5 nitrogen and oxygen atoms in total. The van der Waals surface area contributed by atoms with E-state index in [1.807, 2.05) is 36.1 Å². The van der Waals surface area contributed by atoms with E-state index in [1.165, 1.54) is 0 Å². The van der Waals surface area contributed by atoms with Gasteiger partial charge in [0.1, 0.15) is 0 Å². The zero-order chi connectivity index (χ0) is 14.5. The van der Waals surface area contributed by atoms with Gasteiger partial charge in [0.15, 0.2) is 0 Å². The number of urea groups is 1. The lowest BCUT2D eigenvalue weighted by Gasteiger charge is -2.17. The maximum atomic E-state index is 12.1. The van der Waals surface area contributed by atoms with Crippen molar-refractivity contribution in [2.45, 2.75) is 19.4 Å². The molecule has 20 heavy (non-hydrogen) atoms. The van der Waals surface area contributed by atoms with Crippen LogP contribution in [0.2, 0.25) is 0 Å². The van der Waals surface area contributed by atoms with Gasteiger partial charge in [0.05, 0.1) is 6.61 Å². The molecule has 2 rings (SSSR count). The number of carbonyl (C=O) groups excluding carboxylic acids is 1. The van der Waals surface area contributed by atoms with E-state index in [9.17, 15) is 4.79 Å². The van der Waals surface area contributed by atoms with Gasteiger partial charge < -0.3 is 20.7 Å². The Kier molecular flexibility index (Phi) is 4.98. The van der Waals surface area contributed by atoms with Crippen molar-refractivity contribution in [3.63, 3.8) is 0 Å². The first kappa shape index (κ1) is 14.8. The molecule has 0 saturated carbocycles. The van der Waals surface area contributed by atoms with Gasteiger partial charge in [-0.05, 0) is 31.0 Å². The van der Waals surface area contributed by atoms with Gasteiger partial charge in [-0.15, -0.1) is 0 Å². The molecule has 0 aromatic heterocycles. The molecule has 110 valence electrons. The van der Waals surface area contributed by atoms with Crippen molar-refractivity contribution < 1.29 is 9.53 Å². The number of benzene rings is 1. The van der Waals surface area contributed by atoms with E-state index in [4.69, 9.17) is 10.5 Å². The minimum atomic E-state index is -0.0443. The molecule has 1 heterocycles. The Morgan fingerprint density at radius 2 is 2.20 bits per heavy atom. The lowest BCUT2D eigenvalue weighted by molar-refractivity contribution is 0.154. The van der Waals surface area contributed by atoms with Crippen molar-refractivity contribution in [3.05, 3.63) is 29.8 Å². The summed E-state index contributed by atoms with van der Waals surface area (Å²) in [7, 11) is 1.70. The number of nitrogens with zero attached hydrogens (tertiary/aromatic N) is 1. The molecule has 1 fully saturated rings. The molecule has 1 aliphatic heterocycles. The fourth-order valence-corrected chi connectivity index (χ4v) is 2.46. The number of amides is 2. The topological polar surface area (TPSA) is 67.6 Å². The molecule has 1 aromatic rings. The van der Waals surface area contributed by atoms with E-state index in [-0.39, 0.29) is 12.1 Å². The summed E-state index contributed by atoms with van der Waals surface area (Å²) < 4.78 is 5.14. The highest BCUT2D eigenvalue weighted by atomic mass is 16.5. The lowest BCUT2D eigenvalue weighted by Crippen LogP contribution is -2.33. The van der Waals surface area contributed by atoms with Crippen LogP contribution in [0.4, 0.5) is 10.5 Å². The number of hydrogen-bond donors (Lipinski definition) is 2. The molecule has 1 aliphatic rings. The Balaban J connectivity index is 1.88. The van der Waals surface area contributed by atoms with Gasteiger partial charge >= 0.3 is 6.03 Å². The van der Waals surface area contributed by atoms with Crippen LogP contribution in [0.3, 0.4) is 0 Å². The van der Waals surface area contributed by atoms with Crippen LogP contribution in [0.25, 0.3) is 0 Å². The third-order valence-electron chi connectivity index (χ3n) is 3.66. The maximum absolute atomic E-state index is 12.1. The predicted molar refractivity (Wildman–Crippen MR) is 79.6 cm³/mol. The smallest absolute Gasteiger partial charge is 0.321 e. The summed E-state index contributed by atoms with van der Waals surface area (Å²) in [5.74, 6) is 0.450. The molecule has 1 saturated heterocycles. The SMILES string of the molecule is COCC1CCN(C(=O)Nc2ccc(C(C)N)cc2)C1. The summed E-state index contributed by atoms with van der Waals surface area (Å²) in [6.07, 6.45) is 1.00. The molecule has 0 bridgehead atoms. The summed E-state index contributed by atoms with van der Waals surface area (Å²) in [5, 5.41) is 2.92. The highest BCUT2D eigenvalue weighted by Crippen LogP contribution is 2.19. The van der Waals surface area contributed by atoms with Crippen LogP contribution in [0.1, 0.15) is 24.9 Å². The van der Waals surface area contributed by atoms with Crippen molar-refractivity contribution in [1.29, 1.82) is 0 Å². The monoisotopic (exact) mass is 277 g/mol.